The maximum absolute atomic E-state index is 10.6. The van der Waals surface area contributed by atoms with Gasteiger partial charge in [0, 0.05) is 12.6 Å². The first-order chi connectivity index (χ1) is 8.77. The van der Waals surface area contributed by atoms with Crippen molar-refractivity contribution >= 4 is 5.65 Å². The van der Waals surface area contributed by atoms with Gasteiger partial charge in [0.05, 0.1) is 17.9 Å². The minimum Gasteiger partial charge on any atom is -1.00 e. The Morgan fingerprint density at radius 2 is 2.26 bits per heavy atom. The second kappa shape index (κ2) is 5.90. The summed E-state index contributed by atoms with van der Waals surface area (Å²) in [5.74, 6) is 0. The Hall–Kier alpha value is -1.10. The number of aryl methyl sites for hydroxylation is 1. The van der Waals surface area contributed by atoms with Crippen LogP contribution < -0.4 is 17.7 Å². The summed E-state index contributed by atoms with van der Waals surface area (Å²) in [5.41, 5.74) is 2.81. The maximum atomic E-state index is 10.6. The van der Waals surface area contributed by atoms with Crippen LogP contribution in [0.15, 0.2) is 24.4 Å². The van der Waals surface area contributed by atoms with Gasteiger partial charge >= 0.3 is 0 Å². The zero-order valence-corrected chi connectivity index (χ0v) is 11.8. The van der Waals surface area contributed by atoms with Crippen molar-refractivity contribution in [3.8, 4) is 0 Å². The van der Waals surface area contributed by atoms with Crippen LogP contribution in [-0.4, -0.2) is 27.1 Å². The molecule has 0 saturated carbocycles. The Bertz CT molecular complexity index is 549. The number of nitrogens with two attached hydrogens (primary N) is 1. The molecule has 19 heavy (non-hydrogen) atoms. The molecule has 0 aliphatic carbocycles. The Kier molecular flexibility index (Phi) is 4.45. The molecule has 0 spiro atoms. The van der Waals surface area contributed by atoms with Gasteiger partial charge in [0.15, 0.2) is 0 Å². The summed E-state index contributed by atoms with van der Waals surface area (Å²) in [5, 5.41) is 12.9. The van der Waals surface area contributed by atoms with E-state index in [1.165, 1.54) is 12.8 Å². The smallest absolute Gasteiger partial charge is 0.147 e. The molecule has 0 aromatic carbocycles. The fourth-order valence-corrected chi connectivity index (χ4v) is 2.95. The highest BCUT2D eigenvalue weighted by Crippen LogP contribution is 2.23. The molecule has 1 aliphatic rings. The molecule has 1 aliphatic heterocycles. The predicted molar refractivity (Wildman–Crippen MR) is 69.3 cm³/mol. The molecule has 3 heterocycles. The summed E-state index contributed by atoms with van der Waals surface area (Å²) in [7, 11) is 0. The van der Waals surface area contributed by atoms with Gasteiger partial charge in [-0.1, -0.05) is 6.07 Å². The molecule has 2 atom stereocenters. The van der Waals surface area contributed by atoms with Crippen LogP contribution in [0.1, 0.15) is 36.8 Å². The molecule has 5 heteroatoms. The number of aromatic nitrogens is 2. The van der Waals surface area contributed by atoms with E-state index in [9.17, 15) is 5.11 Å². The van der Waals surface area contributed by atoms with Crippen LogP contribution in [0.4, 0.5) is 0 Å². The number of aliphatic hydroxyl groups excluding tert-OH is 1. The number of piperidine rings is 1. The van der Waals surface area contributed by atoms with Crippen LogP contribution in [0.3, 0.4) is 0 Å². The third-order valence-electron chi connectivity index (χ3n) is 3.90. The van der Waals surface area contributed by atoms with E-state index in [0.29, 0.717) is 0 Å². The molecular weight excluding hydrogens is 262 g/mol. The lowest BCUT2D eigenvalue weighted by molar-refractivity contribution is -0.705. The van der Waals surface area contributed by atoms with Crippen LogP contribution in [-0.2, 0) is 0 Å². The minimum atomic E-state index is -0.428. The monoisotopic (exact) mass is 281 g/mol. The first-order valence-corrected chi connectivity index (χ1v) is 6.72. The summed E-state index contributed by atoms with van der Waals surface area (Å²) in [4.78, 5) is 4.52. The molecule has 0 radical (unpaired) electrons. The van der Waals surface area contributed by atoms with Crippen LogP contribution in [0, 0.1) is 6.92 Å². The van der Waals surface area contributed by atoms with Crippen LogP contribution in [0.5, 0.6) is 0 Å². The third kappa shape index (κ3) is 2.61. The number of pyridine rings is 1. The zero-order chi connectivity index (χ0) is 12.5. The number of aliphatic hydroxyl groups is 1. The van der Waals surface area contributed by atoms with E-state index in [1.54, 1.807) is 0 Å². The van der Waals surface area contributed by atoms with E-state index in [0.717, 1.165) is 30.0 Å². The molecule has 4 nitrogen and oxygen atoms in total. The molecule has 1 fully saturated rings. The fourth-order valence-electron chi connectivity index (χ4n) is 2.95. The molecule has 0 amide bonds. The number of halogens is 1. The quantitative estimate of drug-likeness (QED) is 0.656. The lowest BCUT2D eigenvalue weighted by Crippen LogP contribution is -3.00. The third-order valence-corrected chi connectivity index (χ3v) is 3.90. The number of hydrogen-bond acceptors (Lipinski definition) is 2. The van der Waals surface area contributed by atoms with Crippen molar-refractivity contribution in [2.45, 2.75) is 38.3 Å². The molecule has 3 rings (SSSR count). The van der Waals surface area contributed by atoms with E-state index in [2.05, 4.69) is 10.3 Å². The lowest BCUT2D eigenvalue weighted by atomic mass is 9.97. The van der Waals surface area contributed by atoms with E-state index < -0.39 is 6.10 Å². The Morgan fingerprint density at radius 3 is 3.00 bits per heavy atom. The van der Waals surface area contributed by atoms with Gasteiger partial charge in [-0.05, 0) is 31.9 Å². The minimum absolute atomic E-state index is 0. The Labute approximate surface area is 119 Å². The summed E-state index contributed by atoms with van der Waals surface area (Å²) in [6, 6.07) is 6.21. The van der Waals surface area contributed by atoms with Crippen molar-refractivity contribution in [3.63, 3.8) is 0 Å². The number of nitrogens with zero attached hydrogens (tertiary/aromatic N) is 2. The second-order valence-corrected chi connectivity index (χ2v) is 5.14. The van der Waals surface area contributed by atoms with E-state index in [1.807, 2.05) is 35.7 Å². The largest absolute Gasteiger partial charge is 1.00 e. The Morgan fingerprint density at radius 1 is 1.42 bits per heavy atom. The summed E-state index contributed by atoms with van der Waals surface area (Å²) >= 11 is 0. The first kappa shape index (κ1) is 14.3. The van der Waals surface area contributed by atoms with Gasteiger partial charge in [-0.15, -0.1) is 0 Å². The molecule has 2 aromatic heterocycles. The van der Waals surface area contributed by atoms with Gasteiger partial charge in [-0.25, -0.2) is 4.98 Å². The van der Waals surface area contributed by atoms with Crippen molar-refractivity contribution in [2.24, 2.45) is 0 Å². The highest BCUT2D eigenvalue weighted by Gasteiger charge is 2.29. The van der Waals surface area contributed by atoms with Crippen molar-refractivity contribution in [2.75, 3.05) is 6.54 Å². The molecule has 104 valence electrons. The second-order valence-electron chi connectivity index (χ2n) is 5.14. The highest BCUT2D eigenvalue weighted by atomic mass is 35.5. The van der Waals surface area contributed by atoms with Gasteiger partial charge in [0.1, 0.15) is 17.8 Å². The van der Waals surface area contributed by atoms with E-state index in [4.69, 9.17) is 0 Å². The number of quaternary nitrogens is 1. The van der Waals surface area contributed by atoms with Gasteiger partial charge in [0.2, 0.25) is 0 Å². The average molecular weight is 282 g/mol. The van der Waals surface area contributed by atoms with Crippen molar-refractivity contribution in [3.05, 3.63) is 35.8 Å². The Balaban J connectivity index is 0.00000133. The van der Waals surface area contributed by atoms with E-state index in [-0.39, 0.29) is 18.4 Å². The predicted octanol–water partition coefficient (Wildman–Crippen LogP) is -2.20. The number of imidazole rings is 1. The lowest BCUT2D eigenvalue weighted by Gasteiger charge is -2.25. The van der Waals surface area contributed by atoms with Gasteiger partial charge in [-0.3, -0.25) is 0 Å². The summed E-state index contributed by atoms with van der Waals surface area (Å²) in [6.07, 6.45) is 5.11. The van der Waals surface area contributed by atoms with Crippen molar-refractivity contribution in [1.29, 1.82) is 0 Å². The standard InChI is InChI=1S/C14H19N3O.ClH/c1-10-13(14(18)11-6-2-4-8-15-11)17-9-5-3-7-12(17)16-10;/h3,5,7,9,11,14-15,18H,2,4,6,8H2,1H3;1H/t11-,14+;/m0./s1. The normalized spacial score (nSPS) is 21.1. The van der Waals surface area contributed by atoms with Gasteiger partial charge < -0.3 is 27.2 Å². The molecular formula is C14H20ClN3O. The maximum Gasteiger partial charge on any atom is 0.147 e. The fraction of sp³-hybridized carbons (Fsp3) is 0.500. The molecule has 1 saturated heterocycles. The molecule has 2 aromatic rings. The molecule has 0 unspecified atom stereocenters. The summed E-state index contributed by atoms with van der Waals surface area (Å²) < 4.78 is 2.02. The SMILES string of the molecule is Cc1nc2ccccn2c1[C@H](O)[C@@H]1CCCC[NH2+]1.[Cl-]. The van der Waals surface area contributed by atoms with Crippen LogP contribution in [0.2, 0.25) is 0 Å². The number of rotatable bonds is 2. The first-order valence-electron chi connectivity index (χ1n) is 6.72. The van der Waals surface area contributed by atoms with Crippen molar-refractivity contribution < 1.29 is 22.8 Å². The number of hydrogen-bond donors (Lipinski definition) is 2. The molecule has 3 N–H and O–H groups in total. The van der Waals surface area contributed by atoms with Gasteiger partial charge in [-0.2, -0.15) is 0 Å². The highest BCUT2D eigenvalue weighted by molar-refractivity contribution is 5.43. The number of fused-ring (bicyclic) bond motifs is 1. The van der Waals surface area contributed by atoms with Crippen LogP contribution >= 0.6 is 0 Å². The molecule has 0 bridgehead atoms. The zero-order valence-electron chi connectivity index (χ0n) is 11.1. The topological polar surface area (TPSA) is 54.1 Å². The van der Waals surface area contributed by atoms with Crippen LogP contribution in [0.25, 0.3) is 5.65 Å². The van der Waals surface area contributed by atoms with Gasteiger partial charge in [0.25, 0.3) is 0 Å². The van der Waals surface area contributed by atoms with E-state index >= 15 is 0 Å². The van der Waals surface area contributed by atoms with Crippen molar-refractivity contribution in [1.82, 2.24) is 9.38 Å². The summed E-state index contributed by atoms with van der Waals surface area (Å²) in [6.45, 7) is 3.10. The average Bonchev–Trinajstić information content (AvgIpc) is 2.75.